The maximum atomic E-state index is 12.6. The fourth-order valence-corrected chi connectivity index (χ4v) is 3.14. The van der Waals surface area contributed by atoms with Crippen LogP contribution >= 0.6 is 11.3 Å². The molecule has 3 rings (SSSR count). The van der Waals surface area contributed by atoms with Gasteiger partial charge in [-0.05, 0) is 12.1 Å². The van der Waals surface area contributed by atoms with Crippen molar-refractivity contribution in [2.24, 2.45) is 0 Å². The van der Waals surface area contributed by atoms with Gasteiger partial charge in [0.2, 0.25) is 0 Å². The number of nitrogens with zero attached hydrogens (tertiary/aromatic N) is 4. The van der Waals surface area contributed by atoms with Crippen LogP contribution in [-0.2, 0) is 6.54 Å². The summed E-state index contributed by atoms with van der Waals surface area (Å²) in [6, 6.07) is 7.33. The molecule has 0 fully saturated rings. The van der Waals surface area contributed by atoms with Crippen LogP contribution in [0.15, 0.2) is 36.0 Å². The summed E-state index contributed by atoms with van der Waals surface area (Å²) in [5.74, 6) is 1.07. The van der Waals surface area contributed by atoms with Crippen LogP contribution in [0.25, 0.3) is 11.4 Å². The summed E-state index contributed by atoms with van der Waals surface area (Å²) in [6.45, 7) is 4.74. The van der Waals surface area contributed by atoms with Crippen LogP contribution in [0.2, 0.25) is 0 Å². The molecule has 24 heavy (non-hydrogen) atoms. The Balaban J connectivity index is 1.68. The molecule has 0 radical (unpaired) electrons. The minimum atomic E-state index is -0.0294. The summed E-state index contributed by atoms with van der Waals surface area (Å²) in [5, 5.41) is 9.75. The van der Waals surface area contributed by atoms with E-state index >= 15 is 0 Å². The van der Waals surface area contributed by atoms with Gasteiger partial charge < -0.3 is 4.90 Å². The zero-order chi connectivity index (χ0) is 17.1. The highest BCUT2D eigenvalue weighted by atomic mass is 32.1. The van der Waals surface area contributed by atoms with E-state index < -0.39 is 0 Å². The number of carbonyl (C=O) groups is 1. The van der Waals surface area contributed by atoms with Crippen molar-refractivity contribution in [2.45, 2.75) is 26.3 Å². The third-order valence-electron chi connectivity index (χ3n) is 3.63. The molecule has 2 heterocycles. The summed E-state index contributed by atoms with van der Waals surface area (Å²) in [7, 11) is 1.79. The van der Waals surface area contributed by atoms with Crippen LogP contribution < -0.4 is 0 Å². The Morgan fingerprint density at radius 1 is 1.29 bits per heavy atom. The summed E-state index contributed by atoms with van der Waals surface area (Å²) in [5.41, 5.74) is 2.46. The molecule has 0 aliphatic heterocycles. The van der Waals surface area contributed by atoms with E-state index in [9.17, 15) is 4.79 Å². The Morgan fingerprint density at radius 3 is 2.62 bits per heavy atom. The molecule has 0 aliphatic rings. The third kappa shape index (κ3) is 3.51. The molecule has 124 valence electrons. The van der Waals surface area contributed by atoms with Crippen LogP contribution in [0.3, 0.4) is 0 Å². The second-order valence-corrected chi connectivity index (χ2v) is 6.79. The van der Waals surface area contributed by atoms with Gasteiger partial charge >= 0.3 is 0 Å². The fourth-order valence-electron chi connectivity index (χ4n) is 2.31. The first kappa shape index (κ1) is 16.3. The van der Waals surface area contributed by atoms with Crippen molar-refractivity contribution in [1.29, 1.82) is 0 Å². The van der Waals surface area contributed by atoms with E-state index in [2.05, 4.69) is 34.0 Å². The lowest BCUT2D eigenvalue weighted by Gasteiger charge is -2.16. The molecule has 3 aromatic rings. The van der Waals surface area contributed by atoms with Crippen molar-refractivity contribution in [3.63, 3.8) is 0 Å². The molecular weight excluding hydrogens is 322 g/mol. The number of aromatic amines is 1. The molecule has 0 saturated carbocycles. The lowest BCUT2D eigenvalue weighted by molar-refractivity contribution is 0.0783. The molecule has 0 atom stereocenters. The average Bonchev–Trinajstić information content (AvgIpc) is 3.26. The van der Waals surface area contributed by atoms with E-state index in [0.717, 1.165) is 16.3 Å². The molecule has 1 aromatic carbocycles. The summed E-state index contributed by atoms with van der Waals surface area (Å²) in [4.78, 5) is 22.9. The van der Waals surface area contributed by atoms with Gasteiger partial charge in [-0.15, -0.1) is 11.3 Å². The summed E-state index contributed by atoms with van der Waals surface area (Å²) < 4.78 is 0. The average molecular weight is 341 g/mol. The molecule has 0 unspecified atom stereocenters. The maximum absolute atomic E-state index is 12.6. The van der Waals surface area contributed by atoms with Crippen molar-refractivity contribution in [3.8, 4) is 11.4 Å². The molecule has 0 aliphatic carbocycles. The van der Waals surface area contributed by atoms with Gasteiger partial charge in [0, 0.05) is 29.5 Å². The monoisotopic (exact) mass is 341 g/mol. The maximum Gasteiger partial charge on any atom is 0.253 e. The van der Waals surface area contributed by atoms with Gasteiger partial charge in [0.15, 0.2) is 5.82 Å². The highest BCUT2D eigenvalue weighted by molar-refractivity contribution is 7.09. The third-order valence-corrected chi connectivity index (χ3v) is 4.82. The van der Waals surface area contributed by atoms with Crippen LogP contribution in [0, 0.1) is 0 Å². The normalized spacial score (nSPS) is 11.0. The Morgan fingerprint density at radius 2 is 2.04 bits per heavy atom. The fraction of sp³-hybridized carbons (Fsp3) is 0.294. The largest absolute Gasteiger partial charge is 0.336 e. The van der Waals surface area contributed by atoms with E-state index in [1.165, 1.54) is 6.33 Å². The van der Waals surface area contributed by atoms with Crippen molar-refractivity contribution >= 4 is 17.2 Å². The van der Waals surface area contributed by atoms with Gasteiger partial charge in [0.1, 0.15) is 6.33 Å². The molecule has 0 saturated heterocycles. The second kappa shape index (κ2) is 6.92. The highest BCUT2D eigenvalue weighted by Crippen LogP contribution is 2.20. The topological polar surface area (TPSA) is 74.8 Å². The standard InChI is InChI=1S/C17H19N5OS/c1-11(2)16-20-14(9-24-16)8-22(3)17(23)13-6-4-12(5-7-13)15-18-10-19-21-15/h4-7,9-11H,8H2,1-3H3,(H,18,19,21). The molecule has 1 N–H and O–H groups in total. The van der Waals surface area contributed by atoms with Crippen LogP contribution in [0.1, 0.15) is 40.8 Å². The van der Waals surface area contributed by atoms with Crippen LogP contribution in [0.5, 0.6) is 0 Å². The van der Waals surface area contributed by atoms with Gasteiger partial charge in [-0.25, -0.2) is 9.97 Å². The molecule has 0 bridgehead atoms. The van der Waals surface area contributed by atoms with Gasteiger partial charge in [-0.3, -0.25) is 9.89 Å². The van der Waals surface area contributed by atoms with Gasteiger partial charge in [0.25, 0.3) is 5.91 Å². The lowest BCUT2D eigenvalue weighted by Crippen LogP contribution is -2.26. The Hall–Kier alpha value is -2.54. The van der Waals surface area contributed by atoms with Crippen LogP contribution in [-0.4, -0.2) is 38.0 Å². The van der Waals surface area contributed by atoms with E-state index in [1.807, 2.05) is 17.5 Å². The molecule has 7 heteroatoms. The quantitative estimate of drug-likeness (QED) is 0.772. The number of rotatable bonds is 5. The minimum Gasteiger partial charge on any atom is -0.336 e. The van der Waals surface area contributed by atoms with E-state index in [-0.39, 0.29) is 5.91 Å². The van der Waals surface area contributed by atoms with E-state index in [4.69, 9.17) is 0 Å². The molecule has 0 spiro atoms. The zero-order valence-corrected chi connectivity index (χ0v) is 14.7. The first-order valence-corrected chi connectivity index (χ1v) is 8.58. The summed E-state index contributed by atoms with van der Waals surface area (Å²) in [6.07, 6.45) is 1.46. The lowest BCUT2D eigenvalue weighted by atomic mass is 10.1. The first-order chi connectivity index (χ1) is 11.5. The number of carbonyl (C=O) groups excluding carboxylic acids is 1. The van der Waals surface area contributed by atoms with Crippen molar-refractivity contribution < 1.29 is 4.79 Å². The number of hydrogen-bond donors (Lipinski definition) is 1. The Kier molecular flexibility index (Phi) is 4.71. The van der Waals surface area contributed by atoms with Crippen molar-refractivity contribution in [2.75, 3.05) is 7.05 Å². The number of hydrogen-bond acceptors (Lipinski definition) is 5. The Labute approximate surface area is 144 Å². The summed E-state index contributed by atoms with van der Waals surface area (Å²) >= 11 is 1.64. The number of benzene rings is 1. The second-order valence-electron chi connectivity index (χ2n) is 5.90. The number of amides is 1. The number of aromatic nitrogens is 4. The number of thiazole rings is 1. The predicted octanol–water partition coefficient (Wildman–Crippen LogP) is 3.32. The molecule has 6 nitrogen and oxygen atoms in total. The van der Waals surface area contributed by atoms with Crippen molar-refractivity contribution in [3.05, 3.63) is 52.2 Å². The van der Waals surface area contributed by atoms with Gasteiger partial charge in [-0.2, -0.15) is 5.10 Å². The molecule has 1 amide bonds. The van der Waals surface area contributed by atoms with E-state index in [1.54, 1.807) is 35.4 Å². The van der Waals surface area contributed by atoms with Crippen molar-refractivity contribution in [1.82, 2.24) is 25.1 Å². The minimum absolute atomic E-state index is 0.0294. The van der Waals surface area contributed by atoms with Gasteiger partial charge in [-0.1, -0.05) is 26.0 Å². The Bertz CT molecular complexity index is 808. The van der Waals surface area contributed by atoms with E-state index in [0.29, 0.717) is 23.9 Å². The highest BCUT2D eigenvalue weighted by Gasteiger charge is 2.14. The molecule has 2 aromatic heterocycles. The first-order valence-electron chi connectivity index (χ1n) is 7.70. The predicted molar refractivity (Wildman–Crippen MR) is 93.8 cm³/mol. The smallest absolute Gasteiger partial charge is 0.253 e. The van der Waals surface area contributed by atoms with Gasteiger partial charge in [0.05, 0.1) is 17.2 Å². The zero-order valence-electron chi connectivity index (χ0n) is 13.9. The molecular formula is C17H19N5OS. The van der Waals surface area contributed by atoms with Crippen LogP contribution in [0.4, 0.5) is 0 Å². The number of H-pyrrole nitrogens is 1. The number of nitrogens with one attached hydrogen (secondary N) is 1. The SMILES string of the molecule is CC(C)c1nc(CN(C)C(=O)c2ccc(-c3ncn[nH]3)cc2)cs1.